The van der Waals surface area contributed by atoms with Crippen molar-refractivity contribution in [2.75, 3.05) is 26.2 Å². The zero-order valence-corrected chi connectivity index (χ0v) is 14.3. The summed E-state index contributed by atoms with van der Waals surface area (Å²) in [4.78, 5) is 27.2. The lowest BCUT2D eigenvalue weighted by molar-refractivity contribution is -0.119. The van der Waals surface area contributed by atoms with Gasteiger partial charge in [0.25, 0.3) is 5.91 Å². The summed E-state index contributed by atoms with van der Waals surface area (Å²) in [6.45, 7) is 13.0. The monoisotopic (exact) mass is 302 g/mol. The van der Waals surface area contributed by atoms with E-state index in [1.165, 1.54) is 5.56 Å². The van der Waals surface area contributed by atoms with Crippen LogP contribution in [0.5, 0.6) is 0 Å². The number of aryl methyl sites for hydroxylation is 2. The van der Waals surface area contributed by atoms with Crippen LogP contribution in [0.3, 0.4) is 0 Å². The van der Waals surface area contributed by atoms with Crippen molar-refractivity contribution in [3.05, 3.63) is 34.4 Å². The first-order valence-electron chi connectivity index (χ1n) is 7.84. The van der Waals surface area contributed by atoms with Crippen molar-refractivity contribution in [3.63, 3.8) is 0 Å². The van der Waals surface area contributed by atoms with E-state index in [-0.39, 0.29) is 11.3 Å². The number of piperazine rings is 1. The maximum absolute atomic E-state index is 12.8. The van der Waals surface area contributed by atoms with E-state index in [9.17, 15) is 9.59 Å². The Balaban J connectivity index is 2.26. The summed E-state index contributed by atoms with van der Waals surface area (Å²) in [6, 6.07) is 4.25. The highest BCUT2D eigenvalue weighted by Crippen LogP contribution is 2.27. The molecule has 1 fully saturated rings. The minimum atomic E-state index is 0.0761. The number of nitrogens with zero attached hydrogens (tertiary/aromatic N) is 2. The second-order valence-corrected chi connectivity index (χ2v) is 7.17. The van der Waals surface area contributed by atoms with Crippen molar-refractivity contribution in [2.24, 2.45) is 0 Å². The summed E-state index contributed by atoms with van der Waals surface area (Å²) in [6.07, 6.45) is 0.858. The average Bonchev–Trinajstić information content (AvgIpc) is 2.45. The number of amides is 2. The van der Waals surface area contributed by atoms with Gasteiger partial charge in [0.15, 0.2) is 0 Å². The Hall–Kier alpha value is -1.84. The maximum Gasteiger partial charge on any atom is 0.254 e. The van der Waals surface area contributed by atoms with Crippen LogP contribution in [0.2, 0.25) is 0 Å². The molecule has 1 aromatic rings. The van der Waals surface area contributed by atoms with Gasteiger partial charge in [0.2, 0.25) is 6.41 Å². The first-order valence-corrected chi connectivity index (χ1v) is 7.84. The zero-order chi connectivity index (χ0) is 16.5. The van der Waals surface area contributed by atoms with Gasteiger partial charge in [-0.05, 0) is 36.0 Å². The third-order valence-electron chi connectivity index (χ3n) is 4.36. The van der Waals surface area contributed by atoms with E-state index in [0.29, 0.717) is 26.2 Å². The van der Waals surface area contributed by atoms with Crippen molar-refractivity contribution in [3.8, 4) is 0 Å². The number of carbonyl (C=O) groups excluding carboxylic acids is 2. The lowest BCUT2D eigenvalue weighted by atomic mass is 9.83. The van der Waals surface area contributed by atoms with E-state index in [2.05, 4.69) is 32.9 Å². The topological polar surface area (TPSA) is 40.6 Å². The highest BCUT2D eigenvalue weighted by molar-refractivity contribution is 5.97. The van der Waals surface area contributed by atoms with E-state index >= 15 is 0 Å². The molecule has 2 rings (SSSR count). The predicted molar refractivity (Wildman–Crippen MR) is 88.2 cm³/mol. The number of rotatable bonds is 2. The van der Waals surface area contributed by atoms with Crippen LogP contribution in [-0.2, 0) is 10.2 Å². The SMILES string of the molecule is Cc1cc(C(C)(C)C)cc(C)c1C(=O)N1CCN(C=O)CC1. The van der Waals surface area contributed by atoms with Crippen molar-refractivity contribution < 1.29 is 9.59 Å². The van der Waals surface area contributed by atoms with Crippen molar-refractivity contribution >= 4 is 12.3 Å². The molecule has 120 valence electrons. The fourth-order valence-corrected chi connectivity index (χ4v) is 2.92. The second kappa shape index (κ2) is 6.11. The molecular weight excluding hydrogens is 276 g/mol. The molecule has 0 bridgehead atoms. The van der Waals surface area contributed by atoms with Crippen LogP contribution in [0.4, 0.5) is 0 Å². The Morgan fingerprint density at radius 1 is 1.05 bits per heavy atom. The van der Waals surface area contributed by atoms with Gasteiger partial charge in [0.05, 0.1) is 0 Å². The van der Waals surface area contributed by atoms with E-state index < -0.39 is 0 Å². The van der Waals surface area contributed by atoms with Crippen molar-refractivity contribution in [1.82, 2.24) is 9.80 Å². The molecule has 2 amide bonds. The van der Waals surface area contributed by atoms with E-state index in [1.54, 1.807) is 4.90 Å². The zero-order valence-electron chi connectivity index (χ0n) is 14.3. The quantitative estimate of drug-likeness (QED) is 0.788. The fraction of sp³-hybridized carbons (Fsp3) is 0.556. The highest BCUT2D eigenvalue weighted by Gasteiger charge is 2.25. The Morgan fingerprint density at radius 3 is 1.95 bits per heavy atom. The van der Waals surface area contributed by atoms with Crippen molar-refractivity contribution in [2.45, 2.75) is 40.0 Å². The third kappa shape index (κ3) is 3.32. The first kappa shape index (κ1) is 16.5. The smallest absolute Gasteiger partial charge is 0.254 e. The number of carbonyl (C=O) groups is 2. The molecule has 0 unspecified atom stereocenters. The summed E-state index contributed by atoms with van der Waals surface area (Å²) in [7, 11) is 0. The maximum atomic E-state index is 12.8. The highest BCUT2D eigenvalue weighted by atomic mass is 16.2. The molecule has 4 heteroatoms. The number of benzene rings is 1. The number of hydrogen-bond acceptors (Lipinski definition) is 2. The Labute approximate surface area is 133 Å². The van der Waals surface area contributed by atoms with Crippen LogP contribution >= 0.6 is 0 Å². The molecule has 1 heterocycles. The van der Waals surface area contributed by atoms with Gasteiger partial charge in [-0.25, -0.2) is 0 Å². The molecule has 4 nitrogen and oxygen atoms in total. The van der Waals surface area contributed by atoms with Gasteiger partial charge >= 0.3 is 0 Å². The summed E-state index contributed by atoms with van der Waals surface area (Å²) in [5, 5.41) is 0. The summed E-state index contributed by atoms with van der Waals surface area (Å²) in [5.41, 5.74) is 4.21. The minimum absolute atomic E-state index is 0.0761. The number of hydrogen-bond donors (Lipinski definition) is 0. The van der Waals surface area contributed by atoms with Crippen molar-refractivity contribution in [1.29, 1.82) is 0 Å². The van der Waals surface area contributed by atoms with Gasteiger partial charge in [0.1, 0.15) is 0 Å². The standard InChI is InChI=1S/C18H26N2O2/c1-13-10-15(18(3,4)5)11-14(2)16(13)17(22)20-8-6-19(12-21)7-9-20/h10-12H,6-9H2,1-5H3. The second-order valence-electron chi connectivity index (χ2n) is 7.17. The summed E-state index contributed by atoms with van der Waals surface area (Å²) < 4.78 is 0. The molecule has 1 aromatic carbocycles. The molecule has 0 radical (unpaired) electrons. The molecule has 22 heavy (non-hydrogen) atoms. The molecule has 0 atom stereocenters. The molecule has 1 aliphatic heterocycles. The molecule has 0 aromatic heterocycles. The van der Waals surface area contributed by atoms with Crippen LogP contribution in [-0.4, -0.2) is 48.3 Å². The molecule has 1 aliphatic rings. The minimum Gasteiger partial charge on any atom is -0.342 e. The average molecular weight is 302 g/mol. The Kier molecular flexibility index (Phi) is 4.59. The Bertz CT molecular complexity index is 556. The van der Waals surface area contributed by atoms with Crippen LogP contribution in [0.1, 0.15) is 47.8 Å². The van der Waals surface area contributed by atoms with Gasteiger partial charge in [-0.1, -0.05) is 32.9 Å². The van der Waals surface area contributed by atoms with E-state index in [0.717, 1.165) is 23.1 Å². The molecule has 0 N–H and O–H groups in total. The molecule has 0 saturated carbocycles. The van der Waals surface area contributed by atoms with Crippen LogP contribution < -0.4 is 0 Å². The lowest BCUT2D eigenvalue weighted by Crippen LogP contribution is -2.48. The molecule has 0 spiro atoms. The largest absolute Gasteiger partial charge is 0.342 e. The normalized spacial score (nSPS) is 15.9. The van der Waals surface area contributed by atoms with Gasteiger partial charge in [-0.3, -0.25) is 9.59 Å². The van der Waals surface area contributed by atoms with E-state index in [1.807, 2.05) is 18.7 Å². The van der Waals surface area contributed by atoms with Gasteiger partial charge in [-0.15, -0.1) is 0 Å². The summed E-state index contributed by atoms with van der Waals surface area (Å²) in [5.74, 6) is 0.0843. The van der Waals surface area contributed by atoms with Gasteiger partial charge in [0, 0.05) is 31.7 Å². The van der Waals surface area contributed by atoms with Crippen LogP contribution in [0.25, 0.3) is 0 Å². The first-order chi connectivity index (χ1) is 10.2. The lowest BCUT2D eigenvalue weighted by Gasteiger charge is -2.33. The third-order valence-corrected chi connectivity index (χ3v) is 4.36. The Morgan fingerprint density at radius 2 is 1.55 bits per heavy atom. The molecular formula is C18H26N2O2. The van der Waals surface area contributed by atoms with Gasteiger partial charge < -0.3 is 9.80 Å². The van der Waals surface area contributed by atoms with E-state index in [4.69, 9.17) is 0 Å². The fourth-order valence-electron chi connectivity index (χ4n) is 2.92. The van der Waals surface area contributed by atoms with Crippen LogP contribution in [0.15, 0.2) is 12.1 Å². The summed E-state index contributed by atoms with van der Waals surface area (Å²) >= 11 is 0. The van der Waals surface area contributed by atoms with Crippen LogP contribution in [0, 0.1) is 13.8 Å². The molecule has 1 saturated heterocycles. The predicted octanol–water partition coefficient (Wildman–Crippen LogP) is 2.52. The molecule has 0 aliphatic carbocycles. The van der Waals surface area contributed by atoms with Gasteiger partial charge in [-0.2, -0.15) is 0 Å².